The van der Waals surface area contributed by atoms with Gasteiger partial charge in [-0.1, -0.05) is 13.8 Å². The van der Waals surface area contributed by atoms with Crippen molar-refractivity contribution in [3.63, 3.8) is 0 Å². The van der Waals surface area contributed by atoms with Crippen LogP contribution in [0.15, 0.2) is 12.4 Å². The number of hydrogen-bond donors (Lipinski definition) is 2. The highest BCUT2D eigenvalue weighted by Crippen LogP contribution is 2.09. The standard InChI is InChI=1S/C10H16N4O2/c1-7(2)12-5-6-16-10-8(9(11)15)13-3-4-14-10/h3-4,7,12H,5-6H2,1-2H3,(H2,11,15). The third-order valence-electron chi connectivity index (χ3n) is 1.79. The van der Waals surface area contributed by atoms with Crippen LogP contribution in [0.1, 0.15) is 24.3 Å². The molecule has 0 atom stereocenters. The number of primary amides is 1. The van der Waals surface area contributed by atoms with Gasteiger partial charge in [-0.25, -0.2) is 9.97 Å². The average molecular weight is 224 g/mol. The maximum atomic E-state index is 11.0. The van der Waals surface area contributed by atoms with Gasteiger partial charge in [0, 0.05) is 25.0 Å². The summed E-state index contributed by atoms with van der Waals surface area (Å²) in [7, 11) is 0. The summed E-state index contributed by atoms with van der Waals surface area (Å²) in [4.78, 5) is 18.7. The highest BCUT2D eigenvalue weighted by Gasteiger charge is 2.11. The molecule has 6 nitrogen and oxygen atoms in total. The van der Waals surface area contributed by atoms with Crippen LogP contribution in [0.2, 0.25) is 0 Å². The molecule has 16 heavy (non-hydrogen) atoms. The number of aromatic nitrogens is 2. The fraction of sp³-hybridized carbons (Fsp3) is 0.500. The van der Waals surface area contributed by atoms with Crippen LogP contribution in [-0.4, -0.2) is 35.1 Å². The molecule has 0 bridgehead atoms. The highest BCUT2D eigenvalue weighted by atomic mass is 16.5. The van der Waals surface area contributed by atoms with Gasteiger partial charge in [0.1, 0.15) is 6.61 Å². The molecule has 1 amide bonds. The lowest BCUT2D eigenvalue weighted by Gasteiger charge is -2.09. The van der Waals surface area contributed by atoms with E-state index in [4.69, 9.17) is 10.5 Å². The van der Waals surface area contributed by atoms with Gasteiger partial charge in [-0.2, -0.15) is 0 Å². The Morgan fingerprint density at radius 3 is 2.81 bits per heavy atom. The van der Waals surface area contributed by atoms with Gasteiger partial charge in [-0.15, -0.1) is 0 Å². The molecule has 0 spiro atoms. The monoisotopic (exact) mass is 224 g/mol. The molecule has 0 aliphatic carbocycles. The first-order chi connectivity index (χ1) is 7.61. The maximum Gasteiger partial charge on any atom is 0.272 e. The summed E-state index contributed by atoms with van der Waals surface area (Å²) in [6, 6.07) is 0.390. The van der Waals surface area contributed by atoms with Crippen LogP contribution in [0.25, 0.3) is 0 Å². The molecule has 1 aromatic rings. The molecule has 3 N–H and O–H groups in total. The van der Waals surface area contributed by atoms with E-state index in [1.807, 2.05) is 13.8 Å². The van der Waals surface area contributed by atoms with Crippen molar-refractivity contribution in [1.82, 2.24) is 15.3 Å². The van der Waals surface area contributed by atoms with Crippen molar-refractivity contribution in [2.45, 2.75) is 19.9 Å². The van der Waals surface area contributed by atoms with Crippen molar-refractivity contribution < 1.29 is 9.53 Å². The minimum absolute atomic E-state index is 0.0621. The summed E-state index contributed by atoms with van der Waals surface area (Å²) in [5, 5.41) is 3.18. The molecule has 0 aliphatic rings. The Balaban J connectivity index is 2.50. The zero-order valence-corrected chi connectivity index (χ0v) is 9.43. The predicted molar refractivity (Wildman–Crippen MR) is 59.2 cm³/mol. The minimum atomic E-state index is -0.639. The number of nitrogens with zero attached hydrogens (tertiary/aromatic N) is 2. The van der Waals surface area contributed by atoms with Crippen molar-refractivity contribution >= 4 is 5.91 Å². The first-order valence-electron chi connectivity index (χ1n) is 5.08. The second-order valence-electron chi connectivity index (χ2n) is 3.53. The van der Waals surface area contributed by atoms with Crippen LogP contribution in [0.4, 0.5) is 0 Å². The third kappa shape index (κ3) is 3.82. The van der Waals surface area contributed by atoms with Gasteiger partial charge in [-0.05, 0) is 0 Å². The van der Waals surface area contributed by atoms with E-state index in [2.05, 4.69) is 15.3 Å². The van der Waals surface area contributed by atoms with E-state index >= 15 is 0 Å². The molecule has 88 valence electrons. The Kier molecular flexibility index (Phi) is 4.65. The topological polar surface area (TPSA) is 90.1 Å². The summed E-state index contributed by atoms with van der Waals surface area (Å²) in [5.74, 6) is -0.458. The van der Waals surface area contributed by atoms with Crippen LogP contribution in [0.3, 0.4) is 0 Å². The molecule has 0 unspecified atom stereocenters. The SMILES string of the molecule is CC(C)NCCOc1nccnc1C(N)=O. The van der Waals surface area contributed by atoms with Crippen LogP contribution in [0, 0.1) is 0 Å². The van der Waals surface area contributed by atoms with E-state index < -0.39 is 5.91 Å². The second-order valence-corrected chi connectivity index (χ2v) is 3.53. The molecule has 1 rings (SSSR count). The third-order valence-corrected chi connectivity index (χ3v) is 1.79. The van der Waals surface area contributed by atoms with Gasteiger partial charge in [0.2, 0.25) is 5.88 Å². The van der Waals surface area contributed by atoms with E-state index in [0.29, 0.717) is 19.2 Å². The Morgan fingerprint density at radius 2 is 2.19 bits per heavy atom. The Labute approximate surface area is 94.2 Å². The molecule has 0 aromatic carbocycles. The van der Waals surface area contributed by atoms with E-state index in [-0.39, 0.29) is 11.6 Å². The van der Waals surface area contributed by atoms with Crippen LogP contribution in [-0.2, 0) is 0 Å². The van der Waals surface area contributed by atoms with E-state index in [1.165, 1.54) is 12.4 Å². The molecule has 0 saturated heterocycles. The summed E-state index contributed by atoms with van der Waals surface area (Å²) in [6.07, 6.45) is 2.86. The molecule has 0 fully saturated rings. The quantitative estimate of drug-likeness (QED) is 0.661. The first-order valence-corrected chi connectivity index (χ1v) is 5.08. The van der Waals surface area contributed by atoms with Crippen LogP contribution >= 0.6 is 0 Å². The smallest absolute Gasteiger partial charge is 0.272 e. The van der Waals surface area contributed by atoms with Gasteiger partial charge in [0.15, 0.2) is 5.69 Å². The number of carbonyl (C=O) groups is 1. The zero-order valence-electron chi connectivity index (χ0n) is 9.43. The predicted octanol–water partition coefficient (Wildman–Crippen LogP) is -0.0477. The lowest BCUT2D eigenvalue weighted by atomic mass is 10.4. The van der Waals surface area contributed by atoms with Crippen molar-refractivity contribution in [3.05, 3.63) is 18.1 Å². The number of hydrogen-bond acceptors (Lipinski definition) is 5. The molecule has 0 aliphatic heterocycles. The molecule has 1 aromatic heterocycles. The second kappa shape index (κ2) is 6.02. The Hall–Kier alpha value is -1.69. The minimum Gasteiger partial charge on any atom is -0.475 e. The van der Waals surface area contributed by atoms with Crippen molar-refractivity contribution in [1.29, 1.82) is 0 Å². The van der Waals surface area contributed by atoms with Gasteiger partial charge in [0.25, 0.3) is 5.91 Å². The van der Waals surface area contributed by atoms with Gasteiger partial charge >= 0.3 is 0 Å². The Bertz CT molecular complexity index is 354. The normalized spacial score (nSPS) is 10.4. The van der Waals surface area contributed by atoms with Crippen molar-refractivity contribution in [2.75, 3.05) is 13.2 Å². The summed E-state index contributed by atoms with van der Waals surface area (Å²) >= 11 is 0. The number of rotatable bonds is 6. The fourth-order valence-electron chi connectivity index (χ4n) is 1.10. The average Bonchev–Trinajstić information content (AvgIpc) is 2.24. The summed E-state index contributed by atoms with van der Waals surface area (Å²) in [5.41, 5.74) is 5.19. The number of carbonyl (C=O) groups excluding carboxylic acids is 1. The van der Waals surface area contributed by atoms with Crippen LogP contribution in [0.5, 0.6) is 5.88 Å². The summed E-state index contributed by atoms with van der Waals surface area (Å²) < 4.78 is 5.31. The maximum absolute atomic E-state index is 11.0. The van der Waals surface area contributed by atoms with Crippen molar-refractivity contribution in [3.8, 4) is 5.88 Å². The van der Waals surface area contributed by atoms with E-state index in [1.54, 1.807) is 0 Å². The number of ether oxygens (including phenoxy) is 1. The number of nitrogens with two attached hydrogens (primary N) is 1. The lowest BCUT2D eigenvalue weighted by Crippen LogP contribution is -2.28. The zero-order chi connectivity index (χ0) is 12.0. The Morgan fingerprint density at radius 1 is 1.50 bits per heavy atom. The van der Waals surface area contributed by atoms with Gasteiger partial charge in [-0.3, -0.25) is 4.79 Å². The van der Waals surface area contributed by atoms with Gasteiger partial charge in [0.05, 0.1) is 0 Å². The highest BCUT2D eigenvalue weighted by molar-refractivity contribution is 5.92. The molecule has 0 saturated carbocycles. The first kappa shape index (κ1) is 12.4. The number of nitrogens with one attached hydrogen (secondary N) is 1. The lowest BCUT2D eigenvalue weighted by molar-refractivity contribution is 0.0990. The van der Waals surface area contributed by atoms with Crippen LogP contribution < -0.4 is 15.8 Å². The molecule has 6 heteroatoms. The molecule has 0 radical (unpaired) electrons. The molecular formula is C10H16N4O2. The molecular weight excluding hydrogens is 208 g/mol. The fourth-order valence-corrected chi connectivity index (χ4v) is 1.10. The van der Waals surface area contributed by atoms with E-state index in [9.17, 15) is 4.79 Å². The van der Waals surface area contributed by atoms with Crippen molar-refractivity contribution in [2.24, 2.45) is 5.73 Å². The van der Waals surface area contributed by atoms with Gasteiger partial charge < -0.3 is 15.8 Å². The summed E-state index contributed by atoms with van der Waals surface area (Å²) in [6.45, 7) is 5.16. The van der Waals surface area contributed by atoms with E-state index in [0.717, 1.165) is 0 Å². The largest absolute Gasteiger partial charge is 0.475 e. The molecule has 1 heterocycles. The number of amides is 1.